The fourth-order valence-corrected chi connectivity index (χ4v) is 7.73. The van der Waals surface area contributed by atoms with Gasteiger partial charge in [-0.25, -0.2) is 0 Å². The Morgan fingerprint density at radius 3 is 2.83 bits per heavy atom. The molecule has 3 N–H and O–H groups in total. The minimum atomic E-state index is -1.22. The summed E-state index contributed by atoms with van der Waals surface area (Å²) < 4.78 is 11.6. The lowest BCUT2D eigenvalue weighted by Gasteiger charge is -2.65. The van der Waals surface area contributed by atoms with Crippen LogP contribution >= 0.6 is 0 Å². The number of phenols is 1. The van der Waals surface area contributed by atoms with Crippen LogP contribution in [0.3, 0.4) is 0 Å². The van der Waals surface area contributed by atoms with Gasteiger partial charge in [0.15, 0.2) is 11.5 Å². The molecule has 3 aliphatic carbocycles. The second-order valence-corrected chi connectivity index (χ2v) is 11.3. The lowest BCUT2D eigenvalue weighted by molar-refractivity contribution is -0.223. The van der Waals surface area contributed by atoms with Crippen molar-refractivity contribution < 1.29 is 29.3 Å². The first-order valence-corrected chi connectivity index (χ1v) is 13.0. The third-order valence-electron chi connectivity index (χ3n) is 9.58. The number of furan rings is 1. The number of hydrogen-bond donors (Lipinski definition) is 3. The highest BCUT2D eigenvalue weighted by Gasteiger charge is 2.75. The van der Waals surface area contributed by atoms with E-state index in [0.29, 0.717) is 30.9 Å². The number of phenolic OH excluding ortho intramolecular Hbond substituents is 1. The van der Waals surface area contributed by atoms with Gasteiger partial charge in [0.25, 0.3) is 0 Å². The summed E-state index contributed by atoms with van der Waals surface area (Å²) in [4.78, 5) is 17.2. The summed E-state index contributed by atoms with van der Waals surface area (Å²) in [5.41, 5.74) is 0.258. The van der Waals surface area contributed by atoms with E-state index in [0.717, 1.165) is 29.8 Å². The number of rotatable bonds is 5. The van der Waals surface area contributed by atoms with E-state index in [4.69, 9.17) is 9.15 Å². The Kier molecular flexibility index (Phi) is 4.73. The number of ether oxygens (including phenoxy) is 1. The Bertz CT molecular complexity index is 1240. The van der Waals surface area contributed by atoms with Crippen LogP contribution in [0, 0.1) is 5.92 Å². The average Bonchev–Trinajstić information content (AvgIpc) is 3.38. The van der Waals surface area contributed by atoms with Gasteiger partial charge in [-0.2, -0.15) is 0 Å². The van der Waals surface area contributed by atoms with Crippen LogP contribution in [0.4, 0.5) is 0 Å². The zero-order valence-corrected chi connectivity index (χ0v) is 20.3. The van der Waals surface area contributed by atoms with Gasteiger partial charge < -0.3 is 29.4 Å². The molecule has 1 spiro atoms. The van der Waals surface area contributed by atoms with Crippen molar-refractivity contribution in [3.8, 4) is 11.5 Å². The van der Waals surface area contributed by atoms with E-state index in [9.17, 15) is 20.1 Å². The second kappa shape index (κ2) is 7.60. The highest BCUT2D eigenvalue weighted by atomic mass is 16.5. The largest absolute Gasteiger partial charge is 0.504 e. The van der Waals surface area contributed by atoms with Gasteiger partial charge in [-0.1, -0.05) is 6.07 Å². The lowest BCUT2D eigenvalue weighted by atomic mass is 9.47. The van der Waals surface area contributed by atoms with E-state index in [1.807, 2.05) is 0 Å². The van der Waals surface area contributed by atoms with E-state index in [1.165, 1.54) is 18.9 Å². The molecule has 1 saturated heterocycles. The molecule has 5 aliphatic rings. The molecule has 3 fully saturated rings. The molecule has 1 amide bonds. The number of aromatic hydroxyl groups is 1. The van der Waals surface area contributed by atoms with Crippen LogP contribution in [0.25, 0.3) is 6.08 Å². The van der Waals surface area contributed by atoms with Crippen LogP contribution in [-0.2, 0) is 10.2 Å². The highest BCUT2D eigenvalue weighted by molar-refractivity contribution is 5.92. The van der Waals surface area contributed by atoms with Crippen molar-refractivity contribution in [2.45, 2.75) is 67.4 Å². The zero-order valence-electron chi connectivity index (χ0n) is 20.3. The standard InChI is InChI=1S/C28H32N2O6/c1-29(21(32)7-4-17-9-13-35-15-17)19-8-10-28(34)25-23(33)18-5-6-20(31)24-22(18)27(28,26(19)36-24)11-12-30(25)14-16-2-3-16/h4-7,9,13,15-16,19,23,25-26,31,33-34H,2-3,8,10-12,14H2,1H3/b7-4+/t19?,23-,25?,26?,27?,28?/m0/s1. The minimum absolute atomic E-state index is 0.0125. The second-order valence-electron chi connectivity index (χ2n) is 11.3. The lowest BCUT2D eigenvalue weighted by Crippen LogP contribution is -2.79. The Morgan fingerprint density at radius 2 is 2.08 bits per heavy atom. The van der Waals surface area contributed by atoms with E-state index < -0.39 is 29.3 Å². The van der Waals surface area contributed by atoms with Gasteiger partial charge in [0.2, 0.25) is 5.91 Å². The zero-order chi connectivity index (χ0) is 24.8. The van der Waals surface area contributed by atoms with Crippen LogP contribution in [0.15, 0.2) is 41.2 Å². The molecular weight excluding hydrogens is 460 g/mol. The molecule has 8 nitrogen and oxygen atoms in total. The topological polar surface area (TPSA) is 107 Å². The van der Waals surface area contributed by atoms with Gasteiger partial charge in [-0.05, 0) is 68.3 Å². The van der Waals surface area contributed by atoms with Crippen LogP contribution in [0.5, 0.6) is 11.5 Å². The van der Waals surface area contributed by atoms with Gasteiger partial charge in [0.05, 0.1) is 41.7 Å². The molecule has 1 aromatic heterocycles. The van der Waals surface area contributed by atoms with Crippen molar-refractivity contribution in [3.05, 3.63) is 53.5 Å². The normalized spacial score (nSPS) is 36.5. The van der Waals surface area contributed by atoms with Gasteiger partial charge in [0.1, 0.15) is 6.10 Å². The monoisotopic (exact) mass is 492 g/mol. The highest BCUT2D eigenvalue weighted by Crippen LogP contribution is 2.67. The van der Waals surface area contributed by atoms with E-state index in [1.54, 1.807) is 48.7 Å². The van der Waals surface area contributed by atoms with Crippen molar-refractivity contribution in [1.82, 2.24) is 9.80 Å². The molecule has 2 bridgehead atoms. The Hall–Kier alpha value is -2.81. The minimum Gasteiger partial charge on any atom is -0.504 e. The number of aliphatic hydroxyl groups is 2. The van der Waals surface area contributed by atoms with Crippen molar-refractivity contribution in [3.63, 3.8) is 0 Å². The Labute approximate surface area is 209 Å². The molecule has 6 atom stereocenters. The molecule has 5 unspecified atom stereocenters. The summed E-state index contributed by atoms with van der Waals surface area (Å²) in [5.74, 6) is 0.833. The third kappa shape index (κ3) is 2.83. The van der Waals surface area contributed by atoms with E-state index in [-0.39, 0.29) is 17.7 Å². The van der Waals surface area contributed by atoms with E-state index >= 15 is 0 Å². The fraction of sp³-hybridized carbons (Fsp3) is 0.536. The van der Waals surface area contributed by atoms with Crippen LogP contribution in [0.2, 0.25) is 0 Å². The molecule has 0 radical (unpaired) electrons. The predicted octanol–water partition coefficient (Wildman–Crippen LogP) is 2.58. The van der Waals surface area contributed by atoms with Crippen LogP contribution in [0.1, 0.15) is 54.9 Å². The molecule has 2 saturated carbocycles. The van der Waals surface area contributed by atoms with Gasteiger partial charge >= 0.3 is 0 Å². The Morgan fingerprint density at radius 1 is 1.25 bits per heavy atom. The maximum Gasteiger partial charge on any atom is 0.246 e. The first-order valence-electron chi connectivity index (χ1n) is 13.0. The first kappa shape index (κ1) is 22.4. The number of likely N-dealkylation sites (N-methyl/N-ethyl adjacent to an activating group) is 1. The number of aliphatic hydroxyl groups excluding tert-OH is 1. The molecule has 36 heavy (non-hydrogen) atoms. The summed E-state index contributed by atoms with van der Waals surface area (Å²) in [5, 5.41) is 34.9. The summed E-state index contributed by atoms with van der Waals surface area (Å²) in [7, 11) is 1.78. The third-order valence-corrected chi connectivity index (χ3v) is 9.58. The summed E-state index contributed by atoms with van der Waals surface area (Å²) in [6.07, 6.45) is 9.02. The smallest absolute Gasteiger partial charge is 0.246 e. The SMILES string of the molecule is CN(C(=O)/C=C/c1ccoc1)C1CCC2(O)C3[C@@H](O)c4ccc(O)c5c4C2(CCN3CC2CC2)C1O5. The number of piperidine rings is 1. The number of carbonyl (C=O) groups is 1. The number of likely N-dealkylation sites (tertiary alicyclic amines) is 1. The number of amides is 1. The summed E-state index contributed by atoms with van der Waals surface area (Å²) >= 11 is 0. The molecule has 2 aliphatic heterocycles. The van der Waals surface area contributed by atoms with E-state index in [2.05, 4.69) is 4.90 Å². The summed E-state index contributed by atoms with van der Waals surface area (Å²) in [6, 6.07) is 4.41. The van der Waals surface area contributed by atoms with Crippen molar-refractivity contribution in [1.29, 1.82) is 0 Å². The first-order chi connectivity index (χ1) is 17.3. The van der Waals surface area contributed by atoms with Gasteiger partial charge in [0, 0.05) is 30.8 Å². The van der Waals surface area contributed by atoms with Crippen molar-refractivity contribution in [2.75, 3.05) is 20.1 Å². The van der Waals surface area contributed by atoms with Crippen LogP contribution < -0.4 is 4.74 Å². The molecule has 2 aromatic rings. The quantitative estimate of drug-likeness (QED) is 0.551. The van der Waals surface area contributed by atoms with Crippen molar-refractivity contribution in [2.24, 2.45) is 5.92 Å². The molecule has 190 valence electrons. The van der Waals surface area contributed by atoms with Crippen molar-refractivity contribution >= 4 is 12.0 Å². The maximum atomic E-state index is 13.2. The van der Waals surface area contributed by atoms with Crippen LogP contribution in [-0.4, -0.2) is 75.0 Å². The average molecular weight is 493 g/mol. The van der Waals surface area contributed by atoms with Gasteiger partial charge in [-0.3, -0.25) is 9.69 Å². The molecule has 3 heterocycles. The molecular formula is C28H32N2O6. The Balaban J connectivity index is 1.30. The number of nitrogens with zero attached hydrogens (tertiary/aromatic N) is 2. The number of benzene rings is 1. The number of carbonyl (C=O) groups excluding carboxylic acids is 1. The molecule has 7 rings (SSSR count). The maximum absolute atomic E-state index is 13.2. The summed E-state index contributed by atoms with van der Waals surface area (Å²) in [6.45, 7) is 1.62. The fourth-order valence-electron chi connectivity index (χ4n) is 7.73. The number of hydrogen-bond acceptors (Lipinski definition) is 7. The molecule has 8 heteroatoms. The van der Waals surface area contributed by atoms with Gasteiger partial charge in [-0.15, -0.1) is 0 Å². The molecule has 1 aromatic carbocycles. The predicted molar refractivity (Wildman–Crippen MR) is 130 cm³/mol.